The molecule has 1 aromatic rings. The molecule has 0 spiro atoms. The van der Waals surface area contributed by atoms with Crippen LogP contribution in [-0.2, 0) is 10.2 Å². The number of hydrogen-bond donors (Lipinski definition) is 1. The standard InChI is InChI=1S/C16H27N3O2S/c1-14(2)18(3)22(20,21)17-13-16(19-11-7-8-12-19)15-9-5-4-6-10-15/h4-6,9-10,14,16-17H,7-8,11-13H2,1-3H3/t16-/m1/s1. The van der Waals surface area contributed by atoms with E-state index in [-0.39, 0.29) is 12.1 Å². The van der Waals surface area contributed by atoms with Crippen LogP contribution in [0.5, 0.6) is 0 Å². The first-order chi connectivity index (χ1) is 10.4. The van der Waals surface area contributed by atoms with Gasteiger partial charge < -0.3 is 0 Å². The molecule has 6 heteroatoms. The average Bonchev–Trinajstić information content (AvgIpc) is 3.01. The highest BCUT2D eigenvalue weighted by Crippen LogP contribution is 2.24. The molecule has 0 unspecified atom stereocenters. The summed E-state index contributed by atoms with van der Waals surface area (Å²) in [5.74, 6) is 0. The van der Waals surface area contributed by atoms with Gasteiger partial charge in [0.15, 0.2) is 0 Å². The monoisotopic (exact) mass is 325 g/mol. The molecular weight excluding hydrogens is 298 g/mol. The quantitative estimate of drug-likeness (QED) is 0.834. The molecule has 0 radical (unpaired) electrons. The number of rotatable bonds is 7. The predicted octanol–water partition coefficient (Wildman–Crippen LogP) is 2.00. The molecule has 5 nitrogen and oxygen atoms in total. The summed E-state index contributed by atoms with van der Waals surface area (Å²) >= 11 is 0. The zero-order valence-corrected chi connectivity index (χ0v) is 14.5. The molecule has 1 heterocycles. The van der Waals surface area contributed by atoms with E-state index in [4.69, 9.17) is 0 Å². The lowest BCUT2D eigenvalue weighted by atomic mass is 10.1. The van der Waals surface area contributed by atoms with Crippen molar-refractivity contribution >= 4 is 10.2 Å². The summed E-state index contributed by atoms with van der Waals surface area (Å²) < 4.78 is 28.8. The number of nitrogens with one attached hydrogen (secondary N) is 1. The Hall–Kier alpha value is -0.950. The van der Waals surface area contributed by atoms with Gasteiger partial charge in [-0.2, -0.15) is 12.7 Å². The van der Waals surface area contributed by atoms with Crippen molar-refractivity contribution in [3.63, 3.8) is 0 Å². The van der Waals surface area contributed by atoms with Gasteiger partial charge in [-0.3, -0.25) is 4.90 Å². The molecule has 2 rings (SSSR count). The zero-order chi connectivity index (χ0) is 16.2. The molecule has 0 aromatic heterocycles. The zero-order valence-electron chi connectivity index (χ0n) is 13.7. The first-order valence-electron chi connectivity index (χ1n) is 7.93. The van der Waals surface area contributed by atoms with Crippen molar-refractivity contribution in [3.8, 4) is 0 Å². The minimum atomic E-state index is -3.44. The van der Waals surface area contributed by atoms with Crippen molar-refractivity contribution in [1.29, 1.82) is 0 Å². The molecule has 0 aliphatic carbocycles. The van der Waals surface area contributed by atoms with E-state index in [0.29, 0.717) is 6.54 Å². The highest BCUT2D eigenvalue weighted by atomic mass is 32.2. The van der Waals surface area contributed by atoms with E-state index in [1.807, 2.05) is 32.0 Å². The van der Waals surface area contributed by atoms with Crippen LogP contribution >= 0.6 is 0 Å². The molecule has 1 atom stereocenters. The van der Waals surface area contributed by atoms with Crippen molar-refractivity contribution in [2.75, 3.05) is 26.7 Å². The molecule has 1 N–H and O–H groups in total. The summed E-state index contributed by atoms with van der Waals surface area (Å²) in [5, 5.41) is 0. The Balaban J connectivity index is 2.11. The van der Waals surface area contributed by atoms with Crippen LogP contribution in [0.2, 0.25) is 0 Å². The summed E-state index contributed by atoms with van der Waals surface area (Å²) in [5.41, 5.74) is 1.17. The molecule has 124 valence electrons. The Bertz CT molecular complexity index is 554. The molecule has 0 bridgehead atoms. The van der Waals surface area contributed by atoms with Crippen LogP contribution < -0.4 is 4.72 Å². The Morgan fingerprint density at radius 3 is 2.32 bits per heavy atom. The smallest absolute Gasteiger partial charge is 0.279 e. The highest BCUT2D eigenvalue weighted by Gasteiger charge is 2.27. The van der Waals surface area contributed by atoms with Crippen molar-refractivity contribution in [2.45, 2.75) is 38.8 Å². The Morgan fingerprint density at radius 1 is 1.18 bits per heavy atom. The highest BCUT2D eigenvalue weighted by molar-refractivity contribution is 7.87. The molecular formula is C16H27N3O2S. The molecule has 1 fully saturated rings. The molecule has 1 aliphatic rings. The predicted molar refractivity (Wildman–Crippen MR) is 89.8 cm³/mol. The van der Waals surface area contributed by atoms with Crippen LogP contribution in [0.25, 0.3) is 0 Å². The maximum absolute atomic E-state index is 12.3. The maximum atomic E-state index is 12.3. The first-order valence-corrected chi connectivity index (χ1v) is 9.37. The van der Waals surface area contributed by atoms with Crippen LogP contribution in [0.3, 0.4) is 0 Å². The SMILES string of the molecule is CC(C)N(C)S(=O)(=O)NC[C@H](c1ccccc1)N1CCCC1. The Kier molecular flexibility index (Phi) is 5.97. The van der Waals surface area contributed by atoms with Gasteiger partial charge >= 0.3 is 0 Å². The summed E-state index contributed by atoms with van der Waals surface area (Å²) in [7, 11) is -1.82. The van der Waals surface area contributed by atoms with E-state index in [9.17, 15) is 8.42 Å². The maximum Gasteiger partial charge on any atom is 0.279 e. The van der Waals surface area contributed by atoms with E-state index in [1.165, 1.54) is 22.7 Å². The number of benzene rings is 1. The van der Waals surface area contributed by atoms with Gasteiger partial charge in [0.2, 0.25) is 0 Å². The Labute approximate surface area is 134 Å². The van der Waals surface area contributed by atoms with Crippen molar-refractivity contribution in [2.24, 2.45) is 0 Å². The Morgan fingerprint density at radius 2 is 1.77 bits per heavy atom. The average molecular weight is 325 g/mol. The van der Waals surface area contributed by atoms with Crippen LogP contribution in [0.15, 0.2) is 30.3 Å². The molecule has 0 amide bonds. The topological polar surface area (TPSA) is 52.7 Å². The number of hydrogen-bond acceptors (Lipinski definition) is 3. The van der Waals surface area contributed by atoms with Gasteiger partial charge in [0.25, 0.3) is 10.2 Å². The van der Waals surface area contributed by atoms with E-state index in [0.717, 1.165) is 13.1 Å². The molecule has 0 saturated carbocycles. The molecule has 1 aliphatic heterocycles. The van der Waals surface area contributed by atoms with Gasteiger partial charge in [-0.15, -0.1) is 0 Å². The minimum Gasteiger partial charge on any atom is -0.295 e. The van der Waals surface area contributed by atoms with E-state index in [2.05, 4.69) is 21.8 Å². The molecule has 22 heavy (non-hydrogen) atoms. The molecule has 1 aromatic carbocycles. The summed E-state index contributed by atoms with van der Waals surface area (Å²) in [6.07, 6.45) is 2.37. The lowest BCUT2D eigenvalue weighted by Gasteiger charge is -2.29. The van der Waals surface area contributed by atoms with Crippen molar-refractivity contribution in [1.82, 2.24) is 13.9 Å². The van der Waals surface area contributed by atoms with Gasteiger partial charge in [0, 0.05) is 25.7 Å². The van der Waals surface area contributed by atoms with Gasteiger partial charge in [0.1, 0.15) is 0 Å². The summed E-state index contributed by atoms with van der Waals surface area (Å²) in [6.45, 7) is 6.20. The van der Waals surface area contributed by atoms with Crippen LogP contribution in [0, 0.1) is 0 Å². The lowest BCUT2D eigenvalue weighted by Crippen LogP contribution is -2.45. The van der Waals surface area contributed by atoms with Gasteiger partial charge in [-0.05, 0) is 45.3 Å². The fourth-order valence-corrected chi connectivity index (χ4v) is 3.88. The fraction of sp³-hybridized carbons (Fsp3) is 0.625. The van der Waals surface area contributed by atoms with E-state index >= 15 is 0 Å². The summed E-state index contributed by atoms with van der Waals surface area (Å²) in [6, 6.07) is 10.2. The third kappa shape index (κ3) is 4.29. The van der Waals surface area contributed by atoms with Crippen LogP contribution in [0.1, 0.15) is 38.3 Å². The van der Waals surface area contributed by atoms with Crippen molar-refractivity contribution in [3.05, 3.63) is 35.9 Å². The normalized spacial score (nSPS) is 18.2. The second-order valence-corrected chi connectivity index (χ2v) is 7.95. The largest absolute Gasteiger partial charge is 0.295 e. The van der Waals surface area contributed by atoms with E-state index in [1.54, 1.807) is 7.05 Å². The van der Waals surface area contributed by atoms with Crippen LogP contribution in [0.4, 0.5) is 0 Å². The summed E-state index contributed by atoms with van der Waals surface area (Å²) in [4.78, 5) is 2.37. The van der Waals surface area contributed by atoms with Crippen molar-refractivity contribution < 1.29 is 8.42 Å². The number of nitrogens with zero attached hydrogens (tertiary/aromatic N) is 2. The third-order valence-corrected chi connectivity index (χ3v) is 6.04. The van der Waals surface area contributed by atoms with Gasteiger partial charge in [-0.1, -0.05) is 30.3 Å². The first kappa shape index (κ1) is 17.4. The second kappa shape index (κ2) is 7.55. The van der Waals surface area contributed by atoms with Crippen LogP contribution in [-0.4, -0.2) is 50.3 Å². The van der Waals surface area contributed by atoms with E-state index < -0.39 is 10.2 Å². The fourth-order valence-electron chi connectivity index (χ4n) is 2.75. The second-order valence-electron chi connectivity index (χ2n) is 6.13. The lowest BCUT2D eigenvalue weighted by molar-refractivity contribution is 0.245. The van der Waals surface area contributed by atoms with Gasteiger partial charge in [0.05, 0.1) is 0 Å². The third-order valence-electron chi connectivity index (χ3n) is 4.33. The minimum absolute atomic E-state index is 0.0561. The van der Waals surface area contributed by atoms with Gasteiger partial charge in [-0.25, -0.2) is 4.72 Å². The number of likely N-dealkylation sites (tertiary alicyclic amines) is 1. The molecule has 1 saturated heterocycles.